The van der Waals surface area contributed by atoms with E-state index >= 15 is 0 Å². The number of benzene rings is 2. The van der Waals surface area contributed by atoms with Crippen molar-refractivity contribution in [1.29, 1.82) is 5.26 Å². The molecule has 2 aromatic rings. The maximum Gasteiger partial charge on any atom is 0.217 e. The van der Waals surface area contributed by atoms with Gasteiger partial charge >= 0.3 is 0 Å². The molecule has 0 saturated heterocycles. The molecule has 1 atom stereocenters. The van der Waals surface area contributed by atoms with E-state index in [9.17, 15) is 19.6 Å². The molecule has 26 heavy (non-hydrogen) atoms. The summed E-state index contributed by atoms with van der Waals surface area (Å²) >= 11 is 0. The molecular weight excluding hydrogens is 328 g/mol. The summed E-state index contributed by atoms with van der Waals surface area (Å²) in [5, 5.41) is 12.1. The highest BCUT2D eigenvalue weighted by molar-refractivity contribution is 6.18. The van der Waals surface area contributed by atoms with Crippen LogP contribution in [-0.2, 0) is 11.3 Å². The van der Waals surface area contributed by atoms with Crippen molar-refractivity contribution in [1.82, 2.24) is 5.32 Å². The number of rotatable bonds is 6. The second-order valence-corrected chi connectivity index (χ2v) is 6.14. The molecule has 0 spiro atoms. The number of carbonyl (C=O) groups excluding carboxylic acids is 3. The third-order valence-electron chi connectivity index (χ3n) is 4.30. The first-order valence-electron chi connectivity index (χ1n) is 8.22. The third kappa shape index (κ3) is 4.22. The Morgan fingerprint density at radius 1 is 1.04 bits per heavy atom. The Kier molecular flexibility index (Phi) is 6.03. The van der Waals surface area contributed by atoms with Gasteiger partial charge in [0.2, 0.25) is 5.91 Å². The van der Waals surface area contributed by atoms with Crippen molar-refractivity contribution in [3.05, 3.63) is 70.3 Å². The van der Waals surface area contributed by atoms with Crippen LogP contribution in [0.15, 0.2) is 42.5 Å². The number of hydrogen-bond donors (Lipinski definition) is 1. The van der Waals surface area contributed by atoms with Crippen molar-refractivity contribution < 1.29 is 14.4 Å². The highest BCUT2D eigenvalue weighted by Crippen LogP contribution is 2.20. The molecular formula is C21H20N2O3. The Morgan fingerprint density at radius 2 is 1.69 bits per heavy atom. The number of carbonyl (C=O) groups is 3. The molecule has 5 nitrogen and oxygen atoms in total. The summed E-state index contributed by atoms with van der Waals surface area (Å²) < 4.78 is 0. The number of amides is 1. The molecule has 0 aliphatic carbocycles. The molecule has 0 aliphatic heterocycles. The first-order valence-corrected chi connectivity index (χ1v) is 8.22. The maximum absolute atomic E-state index is 12.7. The molecule has 0 fully saturated rings. The van der Waals surface area contributed by atoms with Crippen LogP contribution in [0.1, 0.15) is 44.3 Å². The van der Waals surface area contributed by atoms with Gasteiger partial charge in [0, 0.05) is 24.6 Å². The van der Waals surface area contributed by atoms with Crippen molar-refractivity contribution >= 4 is 17.5 Å². The maximum atomic E-state index is 12.7. The normalized spacial score (nSPS) is 11.3. The van der Waals surface area contributed by atoms with Crippen LogP contribution in [0.5, 0.6) is 0 Å². The summed E-state index contributed by atoms with van der Waals surface area (Å²) in [4.78, 5) is 36.3. The van der Waals surface area contributed by atoms with E-state index in [-0.39, 0.29) is 5.91 Å². The highest BCUT2D eigenvalue weighted by Gasteiger charge is 2.29. The van der Waals surface area contributed by atoms with E-state index in [0.29, 0.717) is 17.7 Å². The minimum absolute atomic E-state index is 0.145. The van der Waals surface area contributed by atoms with Gasteiger partial charge in [-0.05, 0) is 30.5 Å². The minimum atomic E-state index is -1.38. The van der Waals surface area contributed by atoms with Gasteiger partial charge in [0.05, 0.1) is 6.07 Å². The van der Waals surface area contributed by atoms with E-state index in [2.05, 4.69) is 5.32 Å². The van der Waals surface area contributed by atoms with Gasteiger partial charge in [0.25, 0.3) is 0 Å². The smallest absolute Gasteiger partial charge is 0.217 e. The fraction of sp³-hybridized carbons (Fsp3) is 0.238. The molecule has 1 N–H and O–H groups in total. The summed E-state index contributed by atoms with van der Waals surface area (Å²) in [6.45, 7) is 5.46. The van der Waals surface area contributed by atoms with Crippen molar-refractivity contribution in [2.75, 3.05) is 0 Å². The lowest BCUT2D eigenvalue weighted by atomic mass is 9.88. The first kappa shape index (κ1) is 19.1. The van der Waals surface area contributed by atoms with Gasteiger partial charge in [-0.3, -0.25) is 14.4 Å². The van der Waals surface area contributed by atoms with Crippen LogP contribution in [-0.4, -0.2) is 17.5 Å². The zero-order chi connectivity index (χ0) is 19.3. The predicted octanol–water partition coefficient (Wildman–Crippen LogP) is 3.14. The third-order valence-corrected chi connectivity index (χ3v) is 4.30. The monoisotopic (exact) mass is 348 g/mol. The fourth-order valence-corrected chi connectivity index (χ4v) is 2.59. The second kappa shape index (κ2) is 8.21. The SMILES string of the molecule is CC(=O)NCc1ccc(C(=O)[C@@H](C#N)C(=O)c2cccc(C)c2C)cc1. The van der Waals surface area contributed by atoms with E-state index in [1.165, 1.54) is 6.92 Å². The predicted molar refractivity (Wildman–Crippen MR) is 97.6 cm³/mol. The van der Waals surface area contributed by atoms with Crippen LogP contribution in [0.25, 0.3) is 0 Å². The van der Waals surface area contributed by atoms with Crippen molar-refractivity contribution in [3.63, 3.8) is 0 Å². The fourth-order valence-electron chi connectivity index (χ4n) is 2.59. The van der Waals surface area contributed by atoms with Gasteiger partial charge < -0.3 is 5.32 Å². The summed E-state index contributed by atoms with van der Waals surface area (Å²) in [6, 6.07) is 13.6. The number of hydrogen-bond acceptors (Lipinski definition) is 4. The molecule has 0 radical (unpaired) electrons. The Morgan fingerprint density at radius 3 is 2.27 bits per heavy atom. The molecule has 0 aromatic heterocycles. The van der Waals surface area contributed by atoms with E-state index in [4.69, 9.17) is 0 Å². The largest absolute Gasteiger partial charge is 0.352 e. The molecule has 0 unspecified atom stereocenters. The molecule has 5 heteroatoms. The van der Waals surface area contributed by atoms with E-state index in [1.54, 1.807) is 43.3 Å². The topological polar surface area (TPSA) is 87.0 Å². The van der Waals surface area contributed by atoms with Crippen LogP contribution in [0.2, 0.25) is 0 Å². The molecule has 0 aliphatic rings. The number of Topliss-reactive ketones (excluding diaryl/α,β-unsaturated/α-hetero) is 2. The molecule has 1 amide bonds. The van der Waals surface area contributed by atoms with Gasteiger partial charge in [-0.2, -0.15) is 5.26 Å². The zero-order valence-corrected chi connectivity index (χ0v) is 15.0. The molecule has 0 heterocycles. The van der Waals surface area contributed by atoms with Crippen LogP contribution in [0.4, 0.5) is 0 Å². The van der Waals surface area contributed by atoms with Gasteiger partial charge in [-0.15, -0.1) is 0 Å². The minimum Gasteiger partial charge on any atom is -0.352 e. The van der Waals surface area contributed by atoms with Crippen molar-refractivity contribution in [2.45, 2.75) is 27.3 Å². The van der Waals surface area contributed by atoms with Crippen molar-refractivity contribution in [2.24, 2.45) is 5.92 Å². The van der Waals surface area contributed by atoms with Gasteiger partial charge in [-0.1, -0.05) is 42.5 Å². The van der Waals surface area contributed by atoms with Crippen molar-refractivity contribution in [3.8, 4) is 6.07 Å². The summed E-state index contributed by atoms with van der Waals surface area (Å²) in [6.07, 6.45) is 0. The van der Waals surface area contributed by atoms with Gasteiger partial charge in [0.1, 0.15) is 0 Å². The lowest BCUT2D eigenvalue weighted by molar-refractivity contribution is -0.119. The van der Waals surface area contributed by atoms with E-state index in [0.717, 1.165) is 16.7 Å². The number of nitrogens with one attached hydrogen (secondary N) is 1. The van der Waals surface area contributed by atoms with Crippen LogP contribution in [0.3, 0.4) is 0 Å². The zero-order valence-electron chi connectivity index (χ0n) is 15.0. The summed E-state index contributed by atoms with van der Waals surface area (Å²) in [7, 11) is 0. The molecule has 0 saturated carbocycles. The Bertz CT molecular complexity index is 892. The van der Waals surface area contributed by atoms with E-state index in [1.807, 2.05) is 19.1 Å². The highest BCUT2D eigenvalue weighted by atomic mass is 16.2. The van der Waals surface area contributed by atoms with Gasteiger partial charge in [-0.25, -0.2) is 0 Å². The Balaban J connectivity index is 2.23. The van der Waals surface area contributed by atoms with Crippen LogP contribution < -0.4 is 5.32 Å². The Labute approximate surface area is 152 Å². The standard InChI is InChI=1S/C21H20N2O3/c1-13-5-4-6-18(14(13)2)21(26)19(11-22)20(25)17-9-7-16(8-10-17)12-23-15(3)24/h4-10,19H,12H2,1-3H3,(H,23,24)/t19-/m1/s1. The lowest BCUT2D eigenvalue weighted by Gasteiger charge is -2.12. The molecule has 132 valence electrons. The van der Waals surface area contributed by atoms with Crippen LogP contribution in [0, 0.1) is 31.1 Å². The number of aryl methyl sites for hydroxylation is 1. The van der Waals surface area contributed by atoms with Gasteiger partial charge in [0.15, 0.2) is 17.5 Å². The number of nitriles is 1. The quantitative estimate of drug-likeness (QED) is 0.642. The molecule has 2 rings (SSSR count). The average Bonchev–Trinajstić information content (AvgIpc) is 2.63. The number of nitrogens with zero attached hydrogens (tertiary/aromatic N) is 1. The molecule has 0 bridgehead atoms. The lowest BCUT2D eigenvalue weighted by Crippen LogP contribution is -2.24. The first-order chi connectivity index (χ1) is 12.3. The van der Waals surface area contributed by atoms with E-state index < -0.39 is 17.5 Å². The summed E-state index contributed by atoms with van der Waals surface area (Å²) in [5.74, 6) is -2.53. The second-order valence-electron chi connectivity index (χ2n) is 6.14. The average molecular weight is 348 g/mol. The van der Waals surface area contributed by atoms with Crippen LogP contribution >= 0.6 is 0 Å². The Hall–Kier alpha value is -3.26. The molecule has 2 aromatic carbocycles. The number of ketones is 2. The summed E-state index contributed by atoms with van der Waals surface area (Å²) in [5.41, 5.74) is 3.22.